The van der Waals surface area contributed by atoms with Gasteiger partial charge in [-0.2, -0.15) is 0 Å². The highest BCUT2D eigenvalue weighted by molar-refractivity contribution is 5.83. The van der Waals surface area contributed by atoms with Crippen LogP contribution in [0, 0.1) is 41.5 Å². The topological polar surface area (TPSA) is 6.48 Å². The van der Waals surface area contributed by atoms with E-state index in [-0.39, 0.29) is 0 Å². The Labute approximate surface area is 322 Å². The molecular weight excluding hydrogens is 653 g/mol. The first-order valence-electron chi connectivity index (χ1n) is 18.8. The molecule has 0 fully saturated rings. The first kappa shape index (κ1) is 36.0. The summed E-state index contributed by atoms with van der Waals surface area (Å²) in [6.45, 7) is 13.0. The molecule has 54 heavy (non-hydrogen) atoms. The molecule has 0 amide bonds. The Morgan fingerprint density at radius 1 is 0.315 bits per heavy atom. The lowest BCUT2D eigenvalue weighted by Crippen LogP contribution is -2.11. The maximum Gasteiger partial charge on any atom is 0.0490 e. The van der Waals surface area contributed by atoms with Crippen LogP contribution in [0.4, 0.5) is 34.1 Å². The molecule has 0 bridgehead atoms. The van der Waals surface area contributed by atoms with Crippen LogP contribution in [0.2, 0.25) is 0 Å². The molecule has 0 aromatic heterocycles. The van der Waals surface area contributed by atoms with Gasteiger partial charge in [0.15, 0.2) is 0 Å². The van der Waals surface area contributed by atoms with Crippen molar-refractivity contribution in [1.82, 2.24) is 0 Å². The first-order chi connectivity index (χ1) is 26.2. The van der Waals surface area contributed by atoms with Gasteiger partial charge < -0.3 is 9.80 Å². The summed E-state index contributed by atoms with van der Waals surface area (Å²) in [5.74, 6) is 0. The van der Waals surface area contributed by atoms with Gasteiger partial charge in [0, 0.05) is 34.1 Å². The van der Waals surface area contributed by atoms with Crippen LogP contribution >= 0.6 is 0 Å². The number of nitrogens with zero attached hydrogens (tertiary/aromatic N) is 2. The summed E-state index contributed by atoms with van der Waals surface area (Å²) in [6, 6.07) is 57.0. The van der Waals surface area contributed by atoms with Gasteiger partial charge in [-0.25, -0.2) is 0 Å². The molecule has 266 valence electrons. The Bertz CT molecular complexity index is 2270. The average Bonchev–Trinajstić information content (AvgIpc) is 3.16. The zero-order valence-corrected chi connectivity index (χ0v) is 32.2. The molecule has 0 heterocycles. The molecule has 0 aliphatic carbocycles. The van der Waals surface area contributed by atoms with Crippen molar-refractivity contribution in [3.05, 3.63) is 213 Å². The molecule has 0 radical (unpaired) electrons. The summed E-state index contributed by atoms with van der Waals surface area (Å²) in [6.07, 6.45) is 8.83. The van der Waals surface area contributed by atoms with Crippen LogP contribution in [-0.4, -0.2) is 0 Å². The van der Waals surface area contributed by atoms with Crippen molar-refractivity contribution in [2.24, 2.45) is 0 Å². The number of anilines is 6. The summed E-state index contributed by atoms with van der Waals surface area (Å²) >= 11 is 0. The van der Waals surface area contributed by atoms with Crippen molar-refractivity contribution in [3.8, 4) is 0 Å². The van der Waals surface area contributed by atoms with E-state index in [1.54, 1.807) is 0 Å². The predicted molar refractivity (Wildman–Crippen MR) is 235 cm³/mol. The smallest absolute Gasteiger partial charge is 0.0490 e. The van der Waals surface area contributed by atoms with Crippen LogP contribution in [-0.2, 0) is 0 Å². The normalized spacial score (nSPS) is 11.4. The second-order valence-electron chi connectivity index (χ2n) is 14.4. The Morgan fingerprint density at radius 3 is 1.07 bits per heavy atom. The van der Waals surface area contributed by atoms with Gasteiger partial charge in [0.25, 0.3) is 0 Å². The molecule has 0 atom stereocenters. The summed E-state index contributed by atoms with van der Waals surface area (Å²) < 4.78 is 0. The zero-order chi connectivity index (χ0) is 37.6. The van der Waals surface area contributed by atoms with Gasteiger partial charge >= 0.3 is 0 Å². The molecule has 7 aromatic rings. The number of benzene rings is 7. The summed E-state index contributed by atoms with van der Waals surface area (Å²) in [4.78, 5) is 4.71. The van der Waals surface area contributed by atoms with Crippen molar-refractivity contribution in [1.29, 1.82) is 0 Å². The lowest BCUT2D eigenvalue weighted by molar-refractivity contribution is 1.23. The molecule has 0 aliphatic heterocycles. The Kier molecular flexibility index (Phi) is 10.7. The maximum atomic E-state index is 2.35. The van der Waals surface area contributed by atoms with Crippen molar-refractivity contribution < 1.29 is 0 Å². The molecule has 0 aliphatic rings. The summed E-state index contributed by atoms with van der Waals surface area (Å²) in [7, 11) is 0. The highest BCUT2D eigenvalue weighted by Gasteiger charge is 2.16. The van der Waals surface area contributed by atoms with E-state index in [9.17, 15) is 0 Å². The fourth-order valence-electron chi connectivity index (χ4n) is 7.16. The molecule has 7 rings (SSSR count). The van der Waals surface area contributed by atoms with Gasteiger partial charge in [-0.05, 0) is 147 Å². The minimum Gasteiger partial charge on any atom is -0.310 e. The number of hydrogen-bond donors (Lipinski definition) is 0. The van der Waals surface area contributed by atoms with E-state index in [2.05, 4.69) is 233 Å². The standard InChI is InChI=1S/C52H48N2/c1-37-11-9-15-49(35-37)53(51-31-17-39(3)33-41(51)5)47-27-21-43(22-28-47)19-25-45-13-7-8-14-46(45)26-20-44-23-29-48(30-24-44)54(50-16-10-12-38(2)36-50)52-32-18-40(4)34-42(52)6/h7-36H,1-6H3. The second-order valence-corrected chi connectivity index (χ2v) is 14.4. The molecule has 7 aromatic carbocycles. The van der Waals surface area contributed by atoms with Crippen molar-refractivity contribution in [3.63, 3.8) is 0 Å². The lowest BCUT2D eigenvalue weighted by atomic mass is 10.0. The predicted octanol–water partition coefficient (Wildman–Crippen LogP) is 14.8. The van der Waals surface area contributed by atoms with Crippen LogP contribution in [0.25, 0.3) is 24.3 Å². The molecule has 0 saturated carbocycles. The van der Waals surface area contributed by atoms with E-state index >= 15 is 0 Å². The van der Waals surface area contributed by atoms with E-state index in [0.29, 0.717) is 0 Å². The third-order valence-corrected chi connectivity index (χ3v) is 9.92. The molecule has 0 spiro atoms. The van der Waals surface area contributed by atoms with Gasteiger partial charge in [0.1, 0.15) is 0 Å². The van der Waals surface area contributed by atoms with Crippen LogP contribution in [0.3, 0.4) is 0 Å². The molecule has 0 N–H and O–H groups in total. The average molecular weight is 701 g/mol. The third-order valence-electron chi connectivity index (χ3n) is 9.92. The fraction of sp³-hybridized carbons (Fsp3) is 0.115. The SMILES string of the molecule is Cc1cccc(N(c2ccc(C=Cc3ccccc3C=Cc3ccc(N(c4cccc(C)c4)c4ccc(C)cc4C)cc3)cc2)c2ccc(C)cc2C)c1. The Balaban J connectivity index is 1.11. The van der Waals surface area contributed by atoms with E-state index in [4.69, 9.17) is 0 Å². The summed E-state index contributed by atoms with van der Waals surface area (Å²) in [5.41, 5.74) is 19.1. The number of rotatable bonds is 10. The van der Waals surface area contributed by atoms with E-state index in [1.807, 2.05) is 0 Å². The van der Waals surface area contributed by atoms with E-state index in [0.717, 1.165) is 33.9 Å². The van der Waals surface area contributed by atoms with Crippen LogP contribution in [0.5, 0.6) is 0 Å². The van der Waals surface area contributed by atoms with Crippen LogP contribution in [0.1, 0.15) is 55.6 Å². The minimum atomic E-state index is 1.13. The van der Waals surface area contributed by atoms with Crippen LogP contribution in [0.15, 0.2) is 158 Å². The summed E-state index contributed by atoms with van der Waals surface area (Å²) in [5, 5.41) is 0. The van der Waals surface area contributed by atoms with Crippen molar-refractivity contribution in [2.75, 3.05) is 9.80 Å². The number of hydrogen-bond acceptors (Lipinski definition) is 2. The first-order valence-corrected chi connectivity index (χ1v) is 18.8. The largest absolute Gasteiger partial charge is 0.310 e. The van der Waals surface area contributed by atoms with E-state index in [1.165, 1.54) is 55.9 Å². The molecule has 2 nitrogen and oxygen atoms in total. The van der Waals surface area contributed by atoms with Gasteiger partial charge in [-0.3, -0.25) is 0 Å². The maximum absolute atomic E-state index is 2.35. The van der Waals surface area contributed by atoms with Gasteiger partial charge in [-0.1, -0.05) is 132 Å². The van der Waals surface area contributed by atoms with Crippen LogP contribution < -0.4 is 9.80 Å². The van der Waals surface area contributed by atoms with Gasteiger partial charge in [-0.15, -0.1) is 0 Å². The van der Waals surface area contributed by atoms with Gasteiger partial charge in [0.05, 0.1) is 0 Å². The minimum absolute atomic E-state index is 1.13. The Morgan fingerprint density at radius 2 is 0.704 bits per heavy atom. The Hall–Kier alpha value is -6.38. The monoisotopic (exact) mass is 700 g/mol. The third kappa shape index (κ3) is 8.30. The lowest BCUT2D eigenvalue weighted by Gasteiger charge is -2.27. The highest BCUT2D eigenvalue weighted by Crippen LogP contribution is 2.39. The molecule has 0 unspecified atom stereocenters. The van der Waals surface area contributed by atoms with E-state index < -0.39 is 0 Å². The molecule has 0 saturated heterocycles. The van der Waals surface area contributed by atoms with Gasteiger partial charge in [0.2, 0.25) is 0 Å². The van der Waals surface area contributed by atoms with Crippen molar-refractivity contribution in [2.45, 2.75) is 41.5 Å². The number of aryl methyl sites for hydroxylation is 6. The zero-order valence-electron chi connectivity index (χ0n) is 32.2. The fourth-order valence-corrected chi connectivity index (χ4v) is 7.16. The quantitative estimate of drug-likeness (QED) is 0.131. The molecule has 2 heteroatoms. The molecular formula is C52H48N2. The second kappa shape index (κ2) is 16.1. The highest BCUT2D eigenvalue weighted by atomic mass is 15.1. The van der Waals surface area contributed by atoms with Crippen molar-refractivity contribution >= 4 is 58.4 Å².